The standard InChI is InChI=1S/C12H12Cl2O4/c1-3-17-12(16)7(2)18-9-5-4-8(6-15)10(13)11(9)14/h4-7H,3H2,1-2H3/t7-/m0/s1. The molecule has 1 atom stereocenters. The minimum absolute atomic E-state index is 0.0948. The molecule has 0 N–H and O–H groups in total. The summed E-state index contributed by atoms with van der Waals surface area (Å²) in [6.07, 6.45) is -0.215. The summed E-state index contributed by atoms with van der Waals surface area (Å²) in [5, 5.41) is 0.192. The average molecular weight is 291 g/mol. The zero-order valence-corrected chi connectivity index (χ0v) is 11.4. The molecule has 0 saturated carbocycles. The quantitative estimate of drug-likeness (QED) is 0.617. The molecule has 18 heavy (non-hydrogen) atoms. The molecule has 0 fully saturated rings. The van der Waals surface area contributed by atoms with Crippen LogP contribution in [0.3, 0.4) is 0 Å². The van der Waals surface area contributed by atoms with Gasteiger partial charge in [-0.15, -0.1) is 0 Å². The third-order valence-corrected chi connectivity index (χ3v) is 3.01. The number of carbonyl (C=O) groups excluding carboxylic acids is 2. The highest BCUT2D eigenvalue weighted by Crippen LogP contribution is 2.34. The summed E-state index contributed by atoms with van der Waals surface area (Å²) in [5.41, 5.74) is 0.262. The van der Waals surface area contributed by atoms with Crippen molar-refractivity contribution < 1.29 is 19.1 Å². The Bertz CT molecular complexity index is 460. The van der Waals surface area contributed by atoms with Gasteiger partial charge >= 0.3 is 5.97 Å². The summed E-state index contributed by atoms with van der Waals surface area (Å²) < 4.78 is 10.1. The van der Waals surface area contributed by atoms with E-state index >= 15 is 0 Å². The molecule has 0 aliphatic heterocycles. The summed E-state index contributed by atoms with van der Waals surface area (Å²) >= 11 is 11.8. The number of esters is 1. The van der Waals surface area contributed by atoms with Crippen LogP contribution in [0.15, 0.2) is 12.1 Å². The van der Waals surface area contributed by atoms with Crippen molar-refractivity contribution in [2.45, 2.75) is 20.0 Å². The maximum absolute atomic E-state index is 11.4. The number of halogens is 2. The molecule has 6 heteroatoms. The lowest BCUT2D eigenvalue weighted by Crippen LogP contribution is -2.26. The van der Waals surface area contributed by atoms with Crippen molar-refractivity contribution in [1.29, 1.82) is 0 Å². The van der Waals surface area contributed by atoms with Crippen molar-refractivity contribution in [2.75, 3.05) is 6.61 Å². The third-order valence-electron chi connectivity index (χ3n) is 2.13. The molecule has 0 saturated heterocycles. The Morgan fingerprint density at radius 3 is 2.61 bits per heavy atom. The van der Waals surface area contributed by atoms with Gasteiger partial charge in [0, 0.05) is 5.56 Å². The van der Waals surface area contributed by atoms with Gasteiger partial charge in [-0.2, -0.15) is 0 Å². The van der Waals surface area contributed by atoms with Gasteiger partial charge in [-0.1, -0.05) is 23.2 Å². The minimum Gasteiger partial charge on any atom is -0.477 e. The van der Waals surface area contributed by atoms with E-state index in [0.29, 0.717) is 6.29 Å². The molecule has 0 radical (unpaired) electrons. The molecule has 0 spiro atoms. The Hall–Kier alpha value is -1.26. The van der Waals surface area contributed by atoms with Crippen LogP contribution in [0.4, 0.5) is 0 Å². The van der Waals surface area contributed by atoms with Crippen LogP contribution in [0.5, 0.6) is 5.75 Å². The van der Waals surface area contributed by atoms with E-state index in [9.17, 15) is 9.59 Å². The van der Waals surface area contributed by atoms with E-state index in [2.05, 4.69) is 0 Å². The van der Waals surface area contributed by atoms with E-state index in [1.807, 2.05) is 0 Å². The van der Waals surface area contributed by atoms with Crippen LogP contribution >= 0.6 is 23.2 Å². The Balaban J connectivity index is 2.89. The number of benzene rings is 1. The fraction of sp³-hybridized carbons (Fsp3) is 0.333. The summed E-state index contributed by atoms with van der Waals surface area (Å²) in [6.45, 7) is 3.51. The predicted molar refractivity (Wildman–Crippen MR) is 68.6 cm³/mol. The van der Waals surface area contributed by atoms with E-state index in [1.165, 1.54) is 19.1 Å². The molecule has 0 bridgehead atoms. The zero-order valence-electron chi connectivity index (χ0n) is 9.91. The minimum atomic E-state index is -0.805. The second kappa shape index (κ2) is 6.61. The van der Waals surface area contributed by atoms with Crippen molar-refractivity contribution in [1.82, 2.24) is 0 Å². The number of hydrogen-bond acceptors (Lipinski definition) is 4. The van der Waals surface area contributed by atoms with Crippen molar-refractivity contribution in [3.63, 3.8) is 0 Å². The number of hydrogen-bond donors (Lipinski definition) is 0. The number of aldehydes is 1. The molecule has 1 aromatic carbocycles. The van der Waals surface area contributed by atoms with Crippen LogP contribution in [0.2, 0.25) is 10.0 Å². The summed E-state index contributed by atoms with van der Waals surface area (Å²) in [5.74, 6) is -0.267. The van der Waals surface area contributed by atoms with Gasteiger partial charge in [0.15, 0.2) is 12.4 Å². The second-order valence-corrected chi connectivity index (χ2v) is 4.17. The topological polar surface area (TPSA) is 52.6 Å². The molecule has 1 aromatic rings. The molecule has 0 amide bonds. The molecule has 0 aliphatic carbocycles. The third kappa shape index (κ3) is 3.37. The Kier molecular flexibility index (Phi) is 5.44. The Labute approximate surface area is 115 Å². The second-order valence-electron chi connectivity index (χ2n) is 3.41. The zero-order chi connectivity index (χ0) is 13.7. The SMILES string of the molecule is CCOC(=O)[C@H](C)Oc1ccc(C=O)c(Cl)c1Cl. The van der Waals surface area contributed by atoms with Crippen molar-refractivity contribution in [3.05, 3.63) is 27.7 Å². The summed E-state index contributed by atoms with van der Waals surface area (Å²) in [7, 11) is 0. The molecule has 0 heterocycles. The highest BCUT2D eigenvalue weighted by atomic mass is 35.5. The first-order chi connectivity index (χ1) is 8.51. The number of rotatable bonds is 5. The lowest BCUT2D eigenvalue weighted by atomic mass is 10.2. The lowest BCUT2D eigenvalue weighted by Gasteiger charge is -2.15. The Morgan fingerprint density at radius 1 is 1.39 bits per heavy atom. The summed E-state index contributed by atoms with van der Waals surface area (Å²) in [6, 6.07) is 2.95. The fourth-order valence-electron chi connectivity index (χ4n) is 1.23. The monoisotopic (exact) mass is 290 g/mol. The predicted octanol–water partition coefficient (Wildman–Crippen LogP) is 3.14. The normalized spacial score (nSPS) is 11.8. The molecule has 0 unspecified atom stereocenters. The van der Waals surface area contributed by atoms with Gasteiger partial charge in [-0.25, -0.2) is 4.79 Å². The maximum atomic E-state index is 11.4. The van der Waals surface area contributed by atoms with Gasteiger partial charge in [0.25, 0.3) is 0 Å². The first-order valence-electron chi connectivity index (χ1n) is 5.27. The molecular formula is C12H12Cl2O4. The largest absolute Gasteiger partial charge is 0.477 e. The maximum Gasteiger partial charge on any atom is 0.347 e. The van der Waals surface area contributed by atoms with Crippen molar-refractivity contribution >= 4 is 35.5 Å². The number of ether oxygens (including phenoxy) is 2. The molecule has 98 valence electrons. The lowest BCUT2D eigenvalue weighted by molar-refractivity contribution is -0.150. The van der Waals surface area contributed by atoms with Crippen LogP contribution in [0.1, 0.15) is 24.2 Å². The van der Waals surface area contributed by atoms with Crippen LogP contribution in [-0.2, 0) is 9.53 Å². The Morgan fingerprint density at radius 2 is 2.06 bits per heavy atom. The van der Waals surface area contributed by atoms with E-state index in [0.717, 1.165) is 0 Å². The van der Waals surface area contributed by atoms with E-state index in [1.54, 1.807) is 6.92 Å². The fourth-order valence-corrected chi connectivity index (χ4v) is 1.64. The molecule has 0 aliphatic rings. The van der Waals surface area contributed by atoms with Gasteiger partial charge in [-0.3, -0.25) is 4.79 Å². The summed E-state index contributed by atoms with van der Waals surface area (Å²) in [4.78, 5) is 22.0. The molecular weight excluding hydrogens is 279 g/mol. The van der Waals surface area contributed by atoms with Gasteiger partial charge < -0.3 is 9.47 Å². The smallest absolute Gasteiger partial charge is 0.347 e. The average Bonchev–Trinajstić information content (AvgIpc) is 2.35. The van der Waals surface area contributed by atoms with Crippen molar-refractivity contribution in [3.8, 4) is 5.75 Å². The highest BCUT2D eigenvalue weighted by molar-refractivity contribution is 6.44. The van der Waals surface area contributed by atoms with Gasteiger partial charge in [-0.05, 0) is 26.0 Å². The van der Waals surface area contributed by atoms with Gasteiger partial charge in [0.2, 0.25) is 0 Å². The molecule has 1 rings (SSSR count). The van der Waals surface area contributed by atoms with E-state index in [4.69, 9.17) is 32.7 Å². The molecule has 0 aromatic heterocycles. The number of carbonyl (C=O) groups is 2. The first-order valence-corrected chi connectivity index (χ1v) is 6.03. The highest BCUT2D eigenvalue weighted by Gasteiger charge is 2.19. The van der Waals surface area contributed by atoms with Crippen LogP contribution in [0.25, 0.3) is 0 Å². The van der Waals surface area contributed by atoms with E-state index in [-0.39, 0.29) is 28.0 Å². The van der Waals surface area contributed by atoms with Gasteiger partial charge in [0.1, 0.15) is 10.8 Å². The first kappa shape index (κ1) is 14.8. The van der Waals surface area contributed by atoms with Crippen LogP contribution in [-0.4, -0.2) is 25.0 Å². The van der Waals surface area contributed by atoms with Crippen LogP contribution in [0, 0.1) is 0 Å². The van der Waals surface area contributed by atoms with E-state index < -0.39 is 12.1 Å². The van der Waals surface area contributed by atoms with Gasteiger partial charge in [0.05, 0.1) is 11.6 Å². The van der Waals surface area contributed by atoms with Crippen molar-refractivity contribution in [2.24, 2.45) is 0 Å². The molecule has 4 nitrogen and oxygen atoms in total. The van der Waals surface area contributed by atoms with Crippen LogP contribution < -0.4 is 4.74 Å².